The van der Waals surface area contributed by atoms with E-state index < -0.39 is 31.6 Å². The Morgan fingerprint density at radius 3 is 1.91 bits per heavy atom. The standard InChI is InChI=1S/C84H105N7O14S2/c1-58-76-72(56-82(2,3)57-73(76)92)91(88-58)65-33-34-68(80(85)93)70(55-65)86-39-17-43-101-45-47-103-49-51-105-52-50-104-48-46-102-44-18-40-87-81(94)64-27-25-63(26-28-64)77-61(31-37-74-83(4,5)69-35-29-60-20-9-11-24-67(60)79(69)90(74)42-13-15-54-107(98,99)100)21-16-22-62(77)32-38-75-84(6,7)78-66-23-10-8-19-59(66)30-36-71(78)89(75)41-12-14-53-106(95,96)97/h8-11,19-20,23-38,55,74,86H,12-18,21-22,39-54,56-57H2,1-7H3,(H2,85,93)(H,87,94)(H,95,96,97)(H,98,99,100)/b37-31+,62-32+,75-38+. The molecule has 107 heavy (non-hydrogen) atoms. The normalized spacial score (nSPS) is 17.6. The van der Waals surface area contributed by atoms with E-state index in [0.29, 0.717) is 172 Å². The molecule has 0 radical (unpaired) electrons. The van der Waals surface area contributed by atoms with Crippen LogP contribution in [0.1, 0.15) is 165 Å². The van der Waals surface area contributed by atoms with E-state index in [1.807, 2.05) is 54.1 Å². The molecule has 23 heteroatoms. The molecule has 1 atom stereocenters. The Balaban J connectivity index is 0.658. The van der Waals surface area contributed by atoms with Crippen LogP contribution in [0, 0.1) is 12.3 Å². The molecule has 0 saturated carbocycles. The highest BCUT2D eigenvalue weighted by Gasteiger charge is 2.45. The number of hydrogen-bond donors (Lipinski definition) is 5. The number of hydrogen-bond acceptors (Lipinski definition) is 16. The number of ether oxygens (including phenoxy) is 5. The number of nitrogens with two attached hydrogens (primary N) is 1. The number of aryl methyl sites for hydroxylation is 1. The van der Waals surface area contributed by atoms with Gasteiger partial charge in [-0.05, 0) is 169 Å². The van der Waals surface area contributed by atoms with Gasteiger partial charge in [0.15, 0.2) is 5.78 Å². The van der Waals surface area contributed by atoms with Crippen LogP contribution in [0.4, 0.5) is 17.1 Å². The highest BCUT2D eigenvalue weighted by Crippen LogP contribution is 2.53. The molecule has 21 nitrogen and oxygen atoms in total. The molecule has 3 heterocycles. The Labute approximate surface area is 630 Å². The third-order valence-electron chi connectivity index (χ3n) is 20.9. The van der Waals surface area contributed by atoms with E-state index in [1.165, 1.54) is 11.1 Å². The molecule has 0 fully saturated rings. The van der Waals surface area contributed by atoms with Crippen molar-refractivity contribution in [3.63, 3.8) is 0 Å². The number of nitrogens with one attached hydrogen (secondary N) is 2. The lowest BCUT2D eigenvalue weighted by Gasteiger charge is -2.33. The molecule has 0 bridgehead atoms. The van der Waals surface area contributed by atoms with Crippen LogP contribution in [0.5, 0.6) is 0 Å². The van der Waals surface area contributed by atoms with Crippen LogP contribution in [-0.4, -0.2) is 163 Å². The largest absolute Gasteiger partial charge is 0.384 e. The van der Waals surface area contributed by atoms with Crippen molar-refractivity contribution in [1.29, 1.82) is 0 Å². The van der Waals surface area contributed by atoms with Gasteiger partial charge in [0.05, 0.1) is 98.6 Å². The number of allylic oxidation sites excluding steroid dienone is 7. The van der Waals surface area contributed by atoms with E-state index in [1.54, 1.807) is 12.1 Å². The number of anilines is 3. The predicted octanol–water partition coefficient (Wildman–Crippen LogP) is 14.1. The number of aromatic nitrogens is 2. The summed E-state index contributed by atoms with van der Waals surface area (Å²) in [6, 6.07) is 38.5. The number of primary amides is 1. The lowest BCUT2D eigenvalue weighted by atomic mass is 9.75. The van der Waals surface area contributed by atoms with Crippen LogP contribution in [0.15, 0.2) is 156 Å². The van der Waals surface area contributed by atoms with E-state index in [9.17, 15) is 40.3 Å². The van der Waals surface area contributed by atoms with Gasteiger partial charge in [-0.15, -0.1) is 0 Å². The Hall–Kier alpha value is -8.36. The highest BCUT2D eigenvalue weighted by molar-refractivity contribution is 7.86. The van der Waals surface area contributed by atoms with Crippen molar-refractivity contribution in [3.05, 3.63) is 201 Å². The zero-order valence-corrected chi connectivity index (χ0v) is 64.6. The number of ketones is 1. The smallest absolute Gasteiger partial charge is 0.264 e. The van der Waals surface area contributed by atoms with Crippen molar-refractivity contribution in [3.8, 4) is 5.69 Å². The summed E-state index contributed by atoms with van der Waals surface area (Å²) >= 11 is 0. The number of benzene rings is 6. The second kappa shape index (κ2) is 35.3. The summed E-state index contributed by atoms with van der Waals surface area (Å²) in [6.07, 6.45) is 15.8. The van der Waals surface area contributed by atoms with E-state index in [4.69, 9.17) is 34.5 Å². The number of nitrogens with zero attached hydrogens (tertiary/aromatic N) is 4. The van der Waals surface area contributed by atoms with Gasteiger partial charge in [-0.2, -0.15) is 21.9 Å². The number of fused-ring (bicyclic) bond motifs is 7. The minimum absolute atomic E-state index is 0.102. The number of carbonyl (C=O) groups is 3. The molecule has 4 aliphatic rings. The number of Topliss-reactive ketones (excluding diaryl/α,β-unsaturated/α-hetero) is 1. The average Bonchev–Trinajstić information content (AvgIpc) is 1.58. The van der Waals surface area contributed by atoms with Crippen LogP contribution in [0.3, 0.4) is 0 Å². The van der Waals surface area contributed by atoms with Crippen molar-refractivity contribution in [2.24, 2.45) is 11.1 Å². The quantitative estimate of drug-likeness (QED) is 0.0178. The maximum Gasteiger partial charge on any atom is 0.264 e. The van der Waals surface area contributed by atoms with E-state index in [0.717, 1.165) is 91.5 Å². The third kappa shape index (κ3) is 19.8. The molecule has 1 unspecified atom stereocenters. The first-order chi connectivity index (χ1) is 51.2. The van der Waals surface area contributed by atoms with Gasteiger partial charge in [0, 0.05) is 90.4 Å². The first kappa shape index (κ1) is 79.7. The topological polar surface area (TPSA) is 280 Å². The second-order valence-corrected chi connectivity index (χ2v) is 33.4. The van der Waals surface area contributed by atoms with Gasteiger partial charge in [-0.3, -0.25) is 23.5 Å². The molecule has 6 aromatic carbocycles. The van der Waals surface area contributed by atoms with Crippen LogP contribution < -0.4 is 26.2 Å². The molecular formula is C84H105N7O14S2. The van der Waals surface area contributed by atoms with Crippen molar-refractivity contribution in [1.82, 2.24) is 15.1 Å². The first-order valence-electron chi connectivity index (χ1n) is 37.6. The van der Waals surface area contributed by atoms with Gasteiger partial charge in [0.1, 0.15) is 0 Å². The van der Waals surface area contributed by atoms with Crippen LogP contribution in [-0.2, 0) is 61.2 Å². The van der Waals surface area contributed by atoms with Gasteiger partial charge in [0.25, 0.3) is 32.1 Å². The summed E-state index contributed by atoms with van der Waals surface area (Å²) in [7, 11) is -8.25. The maximum atomic E-state index is 13.8. The fraction of sp³-hybridized carbons (Fsp3) is 0.452. The third-order valence-corrected chi connectivity index (χ3v) is 22.6. The number of unbranched alkanes of at least 4 members (excludes halogenated alkanes) is 2. The number of amides is 2. The fourth-order valence-corrected chi connectivity index (χ4v) is 16.9. The van der Waals surface area contributed by atoms with Gasteiger partial charge >= 0.3 is 0 Å². The minimum atomic E-state index is -4.13. The van der Waals surface area contributed by atoms with Crippen LogP contribution in [0.2, 0.25) is 0 Å². The Kier molecular flexibility index (Phi) is 26.3. The molecular weight excluding hydrogens is 1400 g/mol. The summed E-state index contributed by atoms with van der Waals surface area (Å²) in [5, 5.41) is 15.7. The number of carbonyl (C=O) groups excluding carboxylic acids is 3. The van der Waals surface area contributed by atoms with E-state index >= 15 is 0 Å². The molecule has 572 valence electrons. The zero-order chi connectivity index (χ0) is 76.1. The van der Waals surface area contributed by atoms with E-state index in [-0.39, 0.29) is 40.1 Å². The lowest BCUT2D eigenvalue weighted by molar-refractivity contribution is -0.0111. The van der Waals surface area contributed by atoms with Crippen LogP contribution in [0.25, 0.3) is 32.8 Å². The minimum Gasteiger partial charge on any atom is -0.384 e. The van der Waals surface area contributed by atoms with Gasteiger partial charge in [-0.1, -0.05) is 139 Å². The molecule has 2 aliphatic heterocycles. The first-order valence-corrected chi connectivity index (χ1v) is 40.8. The molecule has 2 aliphatic carbocycles. The van der Waals surface area contributed by atoms with Crippen molar-refractivity contribution < 1.29 is 64.0 Å². The molecule has 6 N–H and O–H groups in total. The van der Waals surface area contributed by atoms with Crippen LogP contribution >= 0.6 is 0 Å². The Morgan fingerprint density at radius 2 is 1.26 bits per heavy atom. The monoisotopic (exact) mass is 1500 g/mol. The fourth-order valence-electron chi connectivity index (χ4n) is 15.8. The van der Waals surface area contributed by atoms with Crippen molar-refractivity contribution in [2.75, 3.05) is 119 Å². The molecule has 11 rings (SSSR count). The molecule has 0 saturated heterocycles. The van der Waals surface area contributed by atoms with E-state index in [2.05, 4.69) is 147 Å². The predicted molar refractivity (Wildman–Crippen MR) is 424 cm³/mol. The summed E-state index contributed by atoms with van der Waals surface area (Å²) in [6.45, 7) is 21.3. The number of rotatable bonds is 38. The molecule has 2 amide bonds. The highest BCUT2D eigenvalue weighted by atomic mass is 32.2. The maximum absolute atomic E-state index is 13.8. The summed E-state index contributed by atoms with van der Waals surface area (Å²) in [5.74, 6) is -1.25. The van der Waals surface area contributed by atoms with Gasteiger partial charge in [-0.25, -0.2) is 4.68 Å². The zero-order valence-electron chi connectivity index (χ0n) is 62.9. The Morgan fingerprint density at radius 1 is 0.664 bits per heavy atom. The summed E-state index contributed by atoms with van der Waals surface area (Å²) in [5.41, 5.74) is 19.3. The van der Waals surface area contributed by atoms with Crippen molar-refractivity contribution in [2.45, 2.75) is 136 Å². The molecule has 0 spiro atoms. The summed E-state index contributed by atoms with van der Waals surface area (Å²) < 4.78 is 97.3. The second-order valence-electron chi connectivity index (χ2n) is 30.2. The summed E-state index contributed by atoms with van der Waals surface area (Å²) in [4.78, 5) is 43.8. The molecule has 7 aromatic rings. The lowest BCUT2D eigenvalue weighted by Crippen LogP contribution is -2.40. The van der Waals surface area contributed by atoms with Crippen molar-refractivity contribution >= 4 is 82.0 Å². The SMILES string of the molecule is Cc1nn(-c2ccc(C(N)=O)c(NCCCOCCOCCOCCOCCOCCCNC(=O)c3ccc(C4=C(/C=C/C5N(CCCCS(=O)(=O)O)c6c(ccc7ccccc67)C5(C)C)CCC/C4=C\C=C4\N(CCCCS(=O)(=O)O)c5ccc6ccccc6c5C4(C)C)cc3)c2)c2c1C(=O)CC(C)(C)C2. The molecule has 1 aromatic heterocycles. The average molecular weight is 1500 g/mol. The Bertz CT molecular complexity index is 4730. The van der Waals surface area contributed by atoms with Gasteiger partial charge < -0.3 is 49.9 Å². The van der Waals surface area contributed by atoms with Gasteiger partial charge in [0.2, 0.25) is 0 Å².